The van der Waals surface area contributed by atoms with Gasteiger partial charge in [-0.2, -0.15) is 0 Å². The first-order chi connectivity index (χ1) is 13.5. The molecular formula is C21H23FN4OS. The molecule has 5 nitrogen and oxygen atoms in total. The van der Waals surface area contributed by atoms with Crippen LogP contribution in [0.5, 0.6) is 0 Å². The summed E-state index contributed by atoms with van der Waals surface area (Å²) in [7, 11) is 1.76. The minimum atomic E-state index is -0.352. The van der Waals surface area contributed by atoms with E-state index in [-0.39, 0.29) is 23.5 Å². The largest absolute Gasteiger partial charge is 0.349 e. The first kappa shape index (κ1) is 20.1. The number of hydrogen-bond donors (Lipinski definition) is 1. The summed E-state index contributed by atoms with van der Waals surface area (Å²) in [5.74, 6) is 0.203. The molecule has 0 saturated carbocycles. The fraction of sp³-hybridized carbons (Fsp3) is 0.286. The van der Waals surface area contributed by atoms with Crippen molar-refractivity contribution in [3.63, 3.8) is 0 Å². The normalized spacial score (nSPS) is 12.0. The highest BCUT2D eigenvalue weighted by Gasteiger charge is 2.16. The van der Waals surface area contributed by atoms with Crippen LogP contribution in [0.3, 0.4) is 0 Å². The van der Waals surface area contributed by atoms with Crippen molar-refractivity contribution < 1.29 is 9.18 Å². The Kier molecular flexibility index (Phi) is 6.46. The lowest BCUT2D eigenvalue weighted by Gasteiger charge is -2.14. The summed E-state index contributed by atoms with van der Waals surface area (Å²) >= 11 is 1.27. The van der Waals surface area contributed by atoms with E-state index < -0.39 is 0 Å². The number of nitrogens with zero attached hydrogens (tertiary/aromatic N) is 3. The van der Waals surface area contributed by atoms with Gasteiger partial charge in [-0.15, -0.1) is 10.2 Å². The molecule has 146 valence electrons. The molecule has 7 heteroatoms. The van der Waals surface area contributed by atoms with E-state index in [4.69, 9.17) is 0 Å². The number of carbonyl (C=O) groups is 1. The van der Waals surface area contributed by atoms with Gasteiger partial charge in [0.15, 0.2) is 11.0 Å². The number of carbonyl (C=O) groups excluding carboxylic acids is 1. The molecule has 3 rings (SSSR count). The van der Waals surface area contributed by atoms with E-state index in [0.717, 1.165) is 12.0 Å². The number of aryl methyl sites for hydroxylation is 1. The molecule has 0 bridgehead atoms. The van der Waals surface area contributed by atoms with Gasteiger partial charge in [0.05, 0.1) is 17.4 Å². The molecule has 0 aliphatic heterocycles. The van der Waals surface area contributed by atoms with Crippen LogP contribution in [-0.4, -0.2) is 26.4 Å². The summed E-state index contributed by atoms with van der Waals surface area (Å²) in [6.45, 7) is 4.07. The predicted octanol–water partition coefficient (Wildman–Crippen LogP) is 4.15. The Hall–Kier alpha value is -2.67. The topological polar surface area (TPSA) is 59.8 Å². The second-order valence-electron chi connectivity index (χ2n) is 6.52. The molecule has 1 N–H and O–H groups in total. The van der Waals surface area contributed by atoms with Crippen LogP contribution in [0.2, 0.25) is 0 Å². The highest BCUT2D eigenvalue weighted by molar-refractivity contribution is 7.99. The van der Waals surface area contributed by atoms with Crippen LogP contribution in [0, 0.1) is 5.82 Å². The van der Waals surface area contributed by atoms with Gasteiger partial charge in [0.1, 0.15) is 5.82 Å². The predicted molar refractivity (Wildman–Crippen MR) is 109 cm³/mol. The van der Waals surface area contributed by atoms with Crippen LogP contribution < -0.4 is 5.32 Å². The third kappa shape index (κ3) is 4.59. The Morgan fingerprint density at radius 3 is 2.57 bits per heavy atom. The smallest absolute Gasteiger partial charge is 0.230 e. The highest BCUT2D eigenvalue weighted by atomic mass is 32.2. The maximum absolute atomic E-state index is 14.0. The summed E-state index contributed by atoms with van der Waals surface area (Å²) in [5, 5.41) is 11.7. The second kappa shape index (κ2) is 9.01. The molecule has 0 unspecified atom stereocenters. The number of halogens is 1. The quantitative estimate of drug-likeness (QED) is 0.608. The van der Waals surface area contributed by atoms with Crippen LogP contribution in [-0.2, 0) is 18.3 Å². The highest BCUT2D eigenvalue weighted by Crippen LogP contribution is 2.24. The first-order valence-electron chi connectivity index (χ1n) is 9.15. The Balaban J connectivity index is 1.59. The zero-order valence-corrected chi connectivity index (χ0v) is 17.0. The van der Waals surface area contributed by atoms with Crippen molar-refractivity contribution in [3.05, 3.63) is 65.5 Å². The number of aromatic nitrogens is 3. The standard InChI is InChI=1S/C21H23FN4OS/c1-4-15-9-11-16(12-10-15)14(2)23-19(27)13-28-21-25-24-20(26(21)3)17-7-5-6-8-18(17)22/h5-12,14H,4,13H2,1-3H3,(H,23,27)/t14-/m1/s1. The van der Waals surface area contributed by atoms with Crippen molar-refractivity contribution in [1.82, 2.24) is 20.1 Å². The van der Waals surface area contributed by atoms with E-state index in [0.29, 0.717) is 16.5 Å². The summed E-state index contributed by atoms with van der Waals surface area (Å²) in [6.07, 6.45) is 0.990. The van der Waals surface area contributed by atoms with Crippen LogP contribution in [0.4, 0.5) is 4.39 Å². The minimum absolute atomic E-state index is 0.0764. The lowest BCUT2D eigenvalue weighted by atomic mass is 10.1. The Morgan fingerprint density at radius 2 is 1.89 bits per heavy atom. The fourth-order valence-electron chi connectivity index (χ4n) is 2.86. The van der Waals surface area contributed by atoms with Gasteiger partial charge in [-0.25, -0.2) is 4.39 Å². The van der Waals surface area contributed by atoms with Gasteiger partial charge in [-0.3, -0.25) is 4.79 Å². The van der Waals surface area contributed by atoms with Crippen molar-refractivity contribution in [2.75, 3.05) is 5.75 Å². The van der Waals surface area contributed by atoms with Crippen LogP contribution in [0.15, 0.2) is 53.7 Å². The van der Waals surface area contributed by atoms with Crippen LogP contribution in [0.25, 0.3) is 11.4 Å². The van der Waals surface area contributed by atoms with E-state index in [9.17, 15) is 9.18 Å². The molecule has 2 aromatic carbocycles. The van der Waals surface area contributed by atoms with Gasteiger partial charge in [0.25, 0.3) is 0 Å². The zero-order chi connectivity index (χ0) is 20.1. The van der Waals surface area contributed by atoms with Crippen molar-refractivity contribution in [1.29, 1.82) is 0 Å². The molecule has 0 spiro atoms. The molecule has 0 radical (unpaired) electrons. The average molecular weight is 399 g/mol. The van der Waals surface area contributed by atoms with Crippen molar-refractivity contribution in [2.45, 2.75) is 31.5 Å². The van der Waals surface area contributed by atoms with E-state index >= 15 is 0 Å². The van der Waals surface area contributed by atoms with Crippen LogP contribution in [0.1, 0.15) is 31.0 Å². The summed E-state index contributed by atoms with van der Waals surface area (Å²) in [5.41, 5.74) is 2.72. The van der Waals surface area contributed by atoms with Crippen LogP contribution >= 0.6 is 11.8 Å². The Labute approximate surface area is 168 Å². The average Bonchev–Trinajstić information content (AvgIpc) is 3.07. The van der Waals surface area contributed by atoms with Gasteiger partial charge >= 0.3 is 0 Å². The minimum Gasteiger partial charge on any atom is -0.349 e. The third-order valence-corrected chi connectivity index (χ3v) is 5.57. The van der Waals surface area contributed by atoms with Gasteiger partial charge in [0.2, 0.25) is 5.91 Å². The molecule has 1 amide bonds. The first-order valence-corrected chi connectivity index (χ1v) is 10.1. The SMILES string of the molecule is CCc1ccc([C@@H](C)NC(=O)CSc2nnc(-c3ccccc3F)n2C)cc1. The lowest BCUT2D eigenvalue weighted by Crippen LogP contribution is -2.28. The van der Waals surface area contributed by atoms with Gasteiger partial charge in [-0.05, 0) is 36.6 Å². The lowest BCUT2D eigenvalue weighted by molar-refractivity contribution is -0.119. The summed E-state index contributed by atoms with van der Waals surface area (Å²) in [6, 6.07) is 14.6. The molecule has 1 aromatic heterocycles. The molecule has 28 heavy (non-hydrogen) atoms. The number of rotatable bonds is 7. The van der Waals surface area contributed by atoms with E-state index in [1.165, 1.54) is 23.4 Å². The maximum Gasteiger partial charge on any atom is 0.230 e. The molecule has 0 aliphatic rings. The summed E-state index contributed by atoms with van der Waals surface area (Å²) in [4.78, 5) is 12.3. The van der Waals surface area contributed by atoms with Gasteiger partial charge in [-0.1, -0.05) is 55.1 Å². The number of benzene rings is 2. The Bertz CT molecular complexity index is 955. The zero-order valence-electron chi connectivity index (χ0n) is 16.1. The monoisotopic (exact) mass is 398 g/mol. The van der Waals surface area contributed by atoms with Crippen molar-refractivity contribution >= 4 is 17.7 Å². The van der Waals surface area contributed by atoms with Crippen molar-refractivity contribution in [3.8, 4) is 11.4 Å². The number of amides is 1. The molecule has 3 aromatic rings. The Morgan fingerprint density at radius 1 is 1.18 bits per heavy atom. The number of hydrogen-bond acceptors (Lipinski definition) is 4. The van der Waals surface area contributed by atoms with E-state index in [1.54, 1.807) is 29.8 Å². The van der Waals surface area contributed by atoms with E-state index in [1.807, 2.05) is 19.1 Å². The van der Waals surface area contributed by atoms with Gasteiger partial charge < -0.3 is 9.88 Å². The fourth-order valence-corrected chi connectivity index (χ4v) is 3.58. The summed E-state index contributed by atoms with van der Waals surface area (Å²) < 4.78 is 15.7. The number of nitrogens with one attached hydrogen (secondary N) is 1. The molecule has 1 heterocycles. The maximum atomic E-state index is 14.0. The molecule has 0 fully saturated rings. The molecule has 1 atom stereocenters. The number of thioether (sulfide) groups is 1. The third-order valence-electron chi connectivity index (χ3n) is 4.55. The van der Waals surface area contributed by atoms with Gasteiger partial charge in [0, 0.05) is 7.05 Å². The molecule has 0 aliphatic carbocycles. The molecular weight excluding hydrogens is 375 g/mol. The molecule has 0 saturated heterocycles. The second-order valence-corrected chi connectivity index (χ2v) is 7.46. The van der Waals surface area contributed by atoms with Crippen molar-refractivity contribution in [2.24, 2.45) is 7.05 Å². The van der Waals surface area contributed by atoms with E-state index in [2.05, 4.69) is 34.6 Å².